The normalized spacial score (nSPS) is 20.5. The Bertz CT molecular complexity index is 1680. The van der Waals surface area contributed by atoms with E-state index in [2.05, 4.69) is 26.2 Å². The Balaban J connectivity index is 1.28. The molecule has 7 nitrogen and oxygen atoms in total. The molecule has 2 aliphatic rings. The molecule has 198 valence electrons. The number of benzene rings is 2. The maximum Gasteiger partial charge on any atom is 0.153 e. The highest BCUT2D eigenvalue weighted by Crippen LogP contribution is 2.42. The van der Waals surface area contributed by atoms with Crippen LogP contribution in [0, 0.1) is 12.7 Å². The Hall–Kier alpha value is -3.88. The van der Waals surface area contributed by atoms with Crippen molar-refractivity contribution in [1.82, 2.24) is 29.2 Å². The first-order chi connectivity index (χ1) is 19.0. The van der Waals surface area contributed by atoms with Crippen LogP contribution in [-0.4, -0.2) is 68.4 Å². The van der Waals surface area contributed by atoms with Crippen molar-refractivity contribution in [3.8, 4) is 22.5 Å². The van der Waals surface area contributed by atoms with Gasteiger partial charge in [-0.15, -0.1) is 0 Å². The van der Waals surface area contributed by atoms with Crippen molar-refractivity contribution in [2.24, 2.45) is 0 Å². The van der Waals surface area contributed by atoms with E-state index in [1.165, 1.54) is 0 Å². The zero-order valence-corrected chi connectivity index (χ0v) is 22.3. The first kappa shape index (κ1) is 24.2. The molecular weight excluding hydrogens is 489 g/mol. The molecule has 1 aliphatic heterocycles. The molecule has 0 radical (unpaired) electrons. The standard InChI is InChI=1S/C31H32FN7/c1-19-24-9-8-21(18-25(24)35-27(26(19)32)20-6-4-3-5-7-20)28-29-30(33)34-10-11-39(29)31(36-28)22-16-23(17-22)38-14-12-37(2)13-15-38/h3-11,18,22-23H,12-17H2,1-2H3,(H2,33,34). The van der Waals surface area contributed by atoms with Crippen LogP contribution in [0.1, 0.15) is 30.1 Å². The lowest BCUT2D eigenvalue weighted by atomic mass is 9.78. The molecule has 5 aromatic rings. The lowest BCUT2D eigenvalue weighted by Crippen LogP contribution is -2.52. The second kappa shape index (κ2) is 9.39. The third kappa shape index (κ3) is 4.06. The van der Waals surface area contributed by atoms with Crippen molar-refractivity contribution in [3.05, 3.63) is 78.1 Å². The molecule has 0 spiro atoms. The summed E-state index contributed by atoms with van der Waals surface area (Å²) in [7, 11) is 2.19. The highest BCUT2D eigenvalue weighted by molar-refractivity contribution is 5.93. The molecule has 2 fully saturated rings. The van der Waals surface area contributed by atoms with Crippen LogP contribution in [0.25, 0.3) is 38.9 Å². The number of aromatic nitrogens is 4. The van der Waals surface area contributed by atoms with Gasteiger partial charge >= 0.3 is 0 Å². The average Bonchev–Trinajstić information content (AvgIpc) is 3.32. The Morgan fingerprint density at radius 1 is 0.923 bits per heavy atom. The largest absolute Gasteiger partial charge is 0.382 e. The van der Waals surface area contributed by atoms with Gasteiger partial charge in [-0.1, -0.05) is 42.5 Å². The number of nitrogens with zero attached hydrogens (tertiary/aromatic N) is 6. The zero-order chi connectivity index (χ0) is 26.7. The van der Waals surface area contributed by atoms with Gasteiger partial charge in [0.15, 0.2) is 5.82 Å². The van der Waals surface area contributed by atoms with E-state index in [0.717, 1.165) is 78.1 Å². The van der Waals surface area contributed by atoms with Gasteiger partial charge in [0.05, 0.1) is 5.52 Å². The Morgan fingerprint density at radius 3 is 2.46 bits per heavy atom. The van der Waals surface area contributed by atoms with E-state index in [9.17, 15) is 0 Å². The van der Waals surface area contributed by atoms with Crippen molar-refractivity contribution in [2.75, 3.05) is 39.0 Å². The van der Waals surface area contributed by atoms with Crippen molar-refractivity contribution in [2.45, 2.75) is 31.7 Å². The van der Waals surface area contributed by atoms with E-state index >= 15 is 4.39 Å². The quantitative estimate of drug-likeness (QED) is 0.353. The highest BCUT2D eigenvalue weighted by Gasteiger charge is 2.38. The molecule has 0 unspecified atom stereocenters. The van der Waals surface area contributed by atoms with Crippen LogP contribution in [0.2, 0.25) is 0 Å². The summed E-state index contributed by atoms with van der Waals surface area (Å²) in [6, 6.07) is 16.0. The Labute approximate surface area is 227 Å². The first-order valence-corrected chi connectivity index (χ1v) is 13.7. The number of aryl methyl sites for hydroxylation is 1. The number of piperazine rings is 1. The number of fused-ring (bicyclic) bond motifs is 2. The van der Waals surface area contributed by atoms with Crippen molar-refractivity contribution in [3.63, 3.8) is 0 Å². The zero-order valence-electron chi connectivity index (χ0n) is 22.3. The molecule has 0 atom stereocenters. The van der Waals surface area contributed by atoms with Crippen LogP contribution in [0.3, 0.4) is 0 Å². The van der Waals surface area contributed by atoms with Gasteiger partial charge in [0.1, 0.15) is 28.5 Å². The van der Waals surface area contributed by atoms with Crippen LogP contribution in [0.15, 0.2) is 60.9 Å². The summed E-state index contributed by atoms with van der Waals surface area (Å²) < 4.78 is 17.4. The lowest BCUT2D eigenvalue weighted by molar-refractivity contribution is 0.0586. The number of hydrogen-bond donors (Lipinski definition) is 1. The third-order valence-corrected chi connectivity index (χ3v) is 8.63. The number of rotatable bonds is 4. The number of nitrogen functional groups attached to an aromatic ring is 1. The number of nitrogens with two attached hydrogens (primary N) is 1. The number of halogens is 1. The average molecular weight is 522 g/mol. The monoisotopic (exact) mass is 521 g/mol. The van der Waals surface area contributed by atoms with Crippen LogP contribution in [0.5, 0.6) is 0 Å². The summed E-state index contributed by atoms with van der Waals surface area (Å²) in [5, 5.41) is 0.791. The van der Waals surface area contributed by atoms with Crippen LogP contribution >= 0.6 is 0 Å². The van der Waals surface area contributed by atoms with Crippen LogP contribution < -0.4 is 5.73 Å². The molecule has 0 bridgehead atoms. The fourth-order valence-electron chi connectivity index (χ4n) is 6.20. The van der Waals surface area contributed by atoms with Gasteiger partial charge in [-0.2, -0.15) is 0 Å². The molecule has 1 saturated heterocycles. The van der Waals surface area contributed by atoms with Gasteiger partial charge in [0.25, 0.3) is 0 Å². The van der Waals surface area contributed by atoms with E-state index in [-0.39, 0.29) is 5.82 Å². The number of pyridine rings is 1. The molecule has 8 heteroatoms. The topological polar surface area (TPSA) is 75.6 Å². The van der Waals surface area contributed by atoms with Crippen molar-refractivity contribution in [1.29, 1.82) is 0 Å². The van der Waals surface area contributed by atoms with E-state index < -0.39 is 0 Å². The van der Waals surface area contributed by atoms with E-state index in [1.807, 2.05) is 61.7 Å². The SMILES string of the molecule is Cc1c(F)c(-c2ccccc2)nc2cc(-c3nc(C4CC(N5CCN(C)CC5)C4)n4ccnc(N)c34)ccc12. The van der Waals surface area contributed by atoms with E-state index in [4.69, 9.17) is 15.7 Å². The number of anilines is 1. The van der Waals surface area contributed by atoms with E-state index in [0.29, 0.717) is 29.0 Å². The Kier molecular flexibility index (Phi) is 5.82. The summed E-state index contributed by atoms with van der Waals surface area (Å²) in [5.41, 5.74) is 11.4. The molecule has 0 amide bonds. The minimum atomic E-state index is -0.287. The number of likely N-dealkylation sites (N-methyl/N-ethyl adjacent to an activating group) is 1. The molecule has 3 aromatic heterocycles. The second-order valence-corrected chi connectivity index (χ2v) is 11.0. The predicted molar refractivity (Wildman–Crippen MR) is 153 cm³/mol. The molecule has 4 heterocycles. The molecule has 1 saturated carbocycles. The summed E-state index contributed by atoms with van der Waals surface area (Å²) in [4.78, 5) is 19.4. The van der Waals surface area contributed by atoms with Gasteiger partial charge in [0.2, 0.25) is 0 Å². The van der Waals surface area contributed by atoms with Gasteiger partial charge in [-0.05, 0) is 38.4 Å². The summed E-state index contributed by atoms with van der Waals surface area (Å²) in [6.07, 6.45) is 5.91. The molecule has 7 rings (SSSR count). The molecule has 2 aromatic carbocycles. The molecule has 39 heavy (non-hydrogen) atoms. The maximum atomic E-state index is 15.3. The molecule has 1 aliphatic carbocycles. The molecule has 2 N–H and O–H groups in total. The highest BCUT2D eigenvalue weighted by atomic mass is 19.1. The van der Waals surface area contributed by atoms with Gasteiger partial charge in [0, 0.05) is 67.0 Å². The fourth-order valence-corrected chi connectivity index (χ4v) is 6.20. The van der Waals surface area contributed by atoms with Crippen molar-refractivity contribution < 1.29 is 4.39 Å². The summed E-state index contributed by atoms with van der Waals surface area (Å²) in [5.74, 6) is 1.57. The van der Waals surface area contributed by atoms with Gasteiger partial charge in [-0.25, -0.2) is 19.3 Å². The third-order valence-electron chi connectivity index (χ3n) is 8.63. The van der Waals surface area contributed by atoms with Crippen LogP contribution in [-0.2, 0) is 0 Å². The van der Waals surface area contributed by atoms with Crippen molar-refractivity contribution >= 4 is 22.2 Å². The van der Waals surface area contributed by atoms with E-state index in [1.54, 1.807) is 6.20 Å². The predicted octanol–water partition coefficient (Wildman–Crippen LogP) is 5.13. The van der Waals surface area contributed by atoms with Gasteiger partial charge < -0.3 is 10.6 Å². The fraction of sp³-hybridized carbons (Fsp3) is 0.323. The maximum absolute atomic E-state index is 15.3. The summed E-state index contributed by atoms with van der Waals surface area (Å²) in [6.45, 7) is 6.34. The molecular formula is C31H32FN7. The smallest absolute Gasteiger partial charge is 0.153 e. The number of imidazole rings is 1. The number of hydrogen-bond acceptors (Lipinski definition) is 6. The van der Waals surface area contributed by atoms with Gasteiger partial charge in [-0.3, -0.25) is 9.30 Å². The lowest BCUT2D eigenvalue weighted by Gasteiger charge is -2.45. The summed E-state index contributed by atoms with van der Waals surface area (Å²) >= 11 is 0. The second-order valence-electron chi connectivity index (χ2n) is 11.0. The minimum absolute atomic E-state index is 0.287. The first-order valence-electron chi connectivity index (χ1n) is 13.7. The minimum Gasteiger partial charge on any atom is -0.382 e. The Morgan fingerprint density at radius 2 is 1.69 bits per heavy atom. The van der Waals surface area contributed by atoms with Crippen LogP contribution in [0.4, 0.5) is 10.2 Å².